The molecular formula is C25H25NO3S. The standard InChI is InChI=1S/C25H25NO3S/c1-2-3-4-8-12-22(26-29-25(28)21-10-6-5-7-11-21)24(27)20-16-14-19(15-17-20)23-13-9-18-30-23/h5-7,9-11,13-18H,2-4,8,12H2,1H3/b26-22+. The third-order valence-corrected chi connectivity index (χ3v) is 5.65. The minimum Gasteiger partial charge on any atom is -0.312 e. The summed E-state index contributed by atoms with van der Waals surface area (Å²) in [6.07, 6.45) is 4.52. The Morgan fingerprint density at radius 3 is 2.30 bits per heavy atom. The van der Waals surface area contributed by atoms with Crippen LogP contribution in [0.25, 0.3) is 10.4 Å². The molecule has 1 heterocycles. The highest BCUT2D eigenvalue weighted by Crippen LogP contribution is 2.25. The molecule has 154 valence electrons. The molecule has 1 aromatic heterocycles. The summed E-state index contributed by atoms with van der Waals surface area (Å²) >= 11 is 1.66. The number of benzene rings is 2. The molecule has 0 radical (unpaired) electrons. The summed E-state index contributed by atoms with van der Waals surface area (Å²) in [5, 5.41) is 5.99. The van der Waals surface area contributed by atoms with Crippen LogP contribution in [-0.4, -0.2) is 17.5 Å². The van der Waals surface area contributed by atoms with E-state index < -0.39 is 5.97 Å². The molecule has 5 heteroatoms. The van der Waals surface area contributed by atoms with Gasteiger partial charge in [-0.2, -0.15) is 0 Å². The normalized spacial score (nSPS) is 11.3. The van der Waals surface area contributed by atoms with Crippen LogP contribution in [0, 0.1) is 0 Å². The van der Waals surface area contributed by atoms with Crippen molar-refractivity contribution >= 4 is 28.8 Å². The van der Waals surface area contributed by atoms with Crippen molar-refractivity contribution < 1.29 is 14.4 Å². The van der Waals surface area contributed by atoms with Crippen LogP contribution in [0.15, 0.2) is 77.3 Å². The largest absolute Gasteiger partial charge is 0.365 e. The number of Topliss-reactive ketones (excluding diaryl/α,β-unsaturated/α-hetero) is 1. The first-order chi connectivity index (χ1) is 14.7. The molecule has 0 aliphatic carbocycles. The molecule has 0 spiro atoms. The fourth-order valence-corrected chi connectivity index (χ4v) is 3.77. The van der Waals surface area contributed by atoms with E-state index in [4.69, 9.17) is 4.84 Å². The summed E-state index contributed by atoms with van der Waals surface area (Å²) in [4.78, 5) is 31.5. The van der Waals surface area contributed by atoms with E-state index in [0.29, 0.717) is 17.5 Å². The highest BCUT2D eigenvalue weighted by Gasteiger charge is 2.17. The zero-order valence-electron chi connectivity index (χ0n) is 17.0. The van der Waals surface area contributed by atoms with Crippen molar-refractivity contribution in [3.05, 3.63) is 83.2 Å². The number of carbonyl (C=O) groups excluding carboxylic acids is 2. The monoisotopic (exact) mass is 419 g/mol. The molecule has 0 bridgehead atoms. The van der Waals surface area contributed by atoms with E-state index in [9.17, 15) is 9.59 Å². The lowest BCUT2D eigenvalue weighted by atomic mass is 10.0. The fraction of sp³-hybridized carbons (Fsp3) is 0.240. The second-order valence-electron chi connectivity index (χ2n) is 6.98. The maximum atomic E-state index is 13.0. The topological polar surface area (TPSA) is 55.7 Å². The van der Waals surface area contributed by atoms with E-state index in [0.717, 1.165) is 36.1 Å². The quantitative estimate of drug-likeness (QED) is 0.120. The maximum Gasteiger partial charge on any atom is 0.365 e. The second kappa shape index (κ2) is 11.2. The molecule has 3 rings (SSSR count). The van der Waals surface area contributed by atoms with Crippen molar-refractivity contribution in [2.24, 2.45) is 5.16 Å². The predicted octanol–water partition coefficient (Wildman–Crippen LogP) is 6.78. The molecule has 0 saturated heterocycles. The number of nitrogens with zero attached hydrogens (tertiary/aromatic N) is 1. The molecule has 0 saturated carbocycles. The average molecular weight is 420 g/mol. The molecule has 3 aromatic rings. The van der Waals surface area contributed by atoms with E-state index in [1.54, 1.807) is 47.7 Å². The van der Waals surface area contributed by atoms with Crippen molar-refractivity contribution in [1.82, 2.24) is 0 Å². The first-order valence-electron chi connectivity index (χ1n) is 10.2. The molecule has 0 aliphatic heterocycles. The van der Waals surface area contributed by atoms with Gasteiger partial charge in [-0.05, 0) is 42.0 Å². The zero-order valence-corrected chi connectivity index (χ0v) is 17.9. The Morgan fingerprint density at radius 1 is 0.867 bits per heavy atom. The van der Waals surface area contributed by atoms with Crippen molar-refractivity contribution in [3.8, 4) is 10.4 Å². The molecule has 30 heavy (non-hydrogen) atoms. The number of unbranched alkanes of at least 4 members (excludes halogenated alkanes) is 3. The molecule has 2 aromatic carbocycles. The molecule has 0 unspecified atom stereocenters. The van der Waals surface area contributed by atoms with Crippen LogP contribution in [0.1, 0.15) is 59.7 Å². The van der Waals surface area contributed by atoms with Crippen LogP contribution in [-0.2, 0) is 4.84 Å². The van der Waals surface area contributed by atoms with Gasteiger partial charge in [0.2, 0.25) is 5.78 Å². The van der Waals surface area contributed by atoms with Crippen LogP contribution < -0.4 is 0 Å². The van der Waals surface area contributed by atoms with Crippen LogP contribution in [0.4, 0.5) is 0 Å². The van der Waals surface area contributed by atoms with Gasteiger partial charge in [-0.1, -0.05) is 79.9 Å². The molecule has 0 amide bonds. The highest BCUT2D eigenvalue weighted by atomic mass is 32.1. The van der Waals surface area contributed by atoms with Crippen molar-refractivity contribution in [2.45, 2.75) is 39.0 Å². The number of hydrogen-bond acceptors (Lipinski definition) is 5. The minimum atomic E-state index is -0.567. The van der Waals surface area contributed by atoms with Gasteiger partial charge in [0.05, 0.1) is 5.56 Å². The van der Waals surface area contributed by atoms with E-state index >= 15 is 0 Å². The van der Waals surface area contributed by atoms with E-state index in [1.807, 2.05) is 35.7 Å². The number of hydrogen-bond donors (Lipinski definition) is 0. The number of carbonyl (C=O) groups is 2. The van der Waals surface area contributed by atoms with Crippen LogP contribution in [0.3, 0.4) is 0 Å². The van der Waals surface area contributed by atoms with Crippen molar-refractivity contribution in [3.63, 3.8) is 0 Å². The Bertz CT molecular complexity index is 977. The zero-order chi connectivity index (χ0) is 21.2. The van der Waals surface area contributed by atoms with Gasteiger partial charge in [0.1, 0.15) is 5.71 Å². The molecule has 0 atom stereocenters. The molecule has 0 aliphatic rings. The van der Waals surface area contributed by atoms with E-state index in [-0.39, 0.29) is 11.5 Å². The third-order valence-electron chi connectivity index (χ3n) is 4.73. The number of ketones is 1. The Kier molecular flexibility index (Phi) is 8.10. The van der Waals surface area contributed by atoms with Gasteiger partial charge in [0.15, 0.2) is 0 Å². The summed E-state index contributed by atoms with van der Waals surface area (Å²) < 4.78 is 0. The lowest BCUT2D eigenvalue weighted by Crippen LogP contribution is -2.16. The number of thiophene rings is 1. The number of rotatable bonds is 10. The maximum absolute atomic E-state index is 13.0. The van der Waals surface area contributed by atoms with Gasteiger partial charge in [0, 0.05) is 10.4 Å². The SMILES string of the molecule is CCCCCC/C(=N\OC(=O)c1ccccc1)C(=O)c1ccc(-c2cccs2)cc1. The fourth-order valence-electron chi connectivity index (χ4n) is 3.04. The first kappa shape index (κ1) is 21.7. The lowest BCUT2D eigenvalue weighted by Gasteiger charge is -2.07. The predicted molar refractivity (Wildman–Crippen MR) is 122 cm³/mol. The molecule has 4 nitrogen and oxygen atoms in total. The summed E-state index contributed by atoms with van der Waals surface area (Å²) in [6.45, 7) is 2.14. The number of oxime groups is 1. The third kappa shape index (κ3) is 5.97. The second-order valence-corrected chi connectivity index (χ2v) is 7.92. The van der Waals surface area contributed by atoms with Gasteiger partial charge in [-0.15, -0.1) is 11.3 Å². The lowest BCUT2D eigenvalue weighted by molar-refractivity contribution is 0.0514. The smallest absolute Gasteiger partial charge is 0.312 e. The molecule has 0 N–H and O–H groups in total. The van der Waals surface area contributed by atoms with Gasteiger partial charge in [-0.3, -0.25) is 4.79 Å². The first-order valence-corrected chi connectivity index (χ1v) is 11.1. The van der Waals surface area contributed by atoms with Crippen LogP contribution in [0.5, 0.6) is 0 Å². The van der Waals surface area contributed by atoms with Gasteiger partial charge in [-0.25, -0.2) is 4.79 Å². The van der Waals surface area contributed by atoms with Crippen LogP contribution in [0.2, 0.25) is 0 Å². The highest BCUT2D eigenvalue weighted by molar-refractivity contribution is 7.13. The van der Waals surface area contributed by atoms with Gasteiger partial charge in [0.25, 0.3) is 0 Å². The minimum absolute atomic E-state index is 0.204. The summed E-state index contributed by atoms with van der Waals surface area (Å²) in [7, 11) is 0. The van der Waals surface area contributed by atoms with Crippen molar-refractivity contribution in [1.29, 1.82) is 0 Å². The molecule has 0 fully saturated rings. The van der Waals surface area contributed by atoms with Gasteiger partial charge < -0.3 is 4.84 Å². The van der Waals surface area contributed by atoms with Gasteiger partial charge >= 0.3 is 5.97 Å². The van der Waals surface area contributed by atoms with E-state index in [2.05, 4.69) is 12.1 Å². The summed E-state index contributed by atoms with van der Waals surface area (Å²) in [5.74, 6) is -0.771. The summed E-state index contributed by atoms with van der Waals surface area (Å²) in [5.41, 5.74) is 2.29. The Hall–Kier alpha value is -3.05. The molecular weight excluding hydrogens is 394 g/mol. The average Bonchev–Trinajstić information content (AvgIpc) is 3.34. The Labute approximate surface area is 181 Å². The van der Waals surface area contributed by atoms with E-state index in [1.165, 1.54) is 0 Å². The Balaban J connectivity index is 1.74. The van der Waals surface area contributed by atoms with Crippen LogP contribution >= 0.6 is 11.3 Å². The summed E-state index contributed by atoms with van der Waals surface area (Å²) in [6, 6.07) is 20.2. The Morgan fingerprint density at radius 2 is 1.63 bits per heavy atom. The van der Waals surface area contributed by atoms with Crippen molar-refractivity contribution in [2.75, 3.05) is 0 Å².